The van der Waals surface area contributed by atoms with E-state index in [0.29, 0.717) is 0 Å². The number of pyridine rings is 2. The van der Waals surface area contributed by atoms with Gasteiger partial charge in [-0.3, -0.25) is 0 Å². The number of rotatable bonds is 3. The molecule has 0 atom stereocenters. The predicted molar refractivity (Wildman–Crippen MR) is 88.6 cm³/mol. The SMILES string of the molecule is Cc1c(F)c(Oc2ccnc(Cl)c2)nc(-c2ccc(C(F)(F)F)cc2)c1F. The largest absolute Gasteiger partial charge is 0.436 e. The standard InChI is InChI=1S/C18H10ClF5N2O/c1-9-14(20)16(10-2-4-11(5-3-10)18(22,23)24)26-17(15(9)21)27-12-6-7-25-13(19)8-12/h2-8H,1H3. The lowest BCUT2D eigenvalue weighted by Crippen LogP contribution is -2.05. The van der Waals surface area contributed by atoms with Crippen LogP contribution in [-0.4, -0.2) is 9.97 Å². The zero-order valence-electron chi connectivity index (χ0n) is 13.6. The monoisotopic (exact) mass is 400 g/mol. The molecule has 0 aliphatic rings. The fraction of sp³-hybridized carbons (Fsp3) is 0.111. The van der Waals surface area contributed by atoms with Gasteiger partial charge >= 0.3 is 6.18 Å². The summed E-state index contributed by atoms with van der Waals surface area (Å²) in [7, 11) is 0. The van der Waals surface area contributed by atoms with E-state index in [1.54, 1.807) is 0 Å². The third kappa shape index (κ3) is 4.00. The van der Waals surface area contributed by atoms with Crippen LogP contribution in [0.25, 0.3) is 11.3 Å². The van der Waals surface area contributed by atoms with Crippen LogP contribution in [0.3, 0.4) is 0 Å². The lowest BCUT2D eigenvalue weighted by Gasteiger charge is -2.12. The van der Waals surface area contributed by atoms with Gasteiger partial charge < -0.3 is 4.74 Å². The Kier molecular flexibility index (Phi) is 5.01. The second kappa shape index (κ2) is 7.11. The number of hydrogen-bond acceptors (Lipinski definition) is 3. The molecule has 0 amide bonds. The van der Waals surface area contributed by atoms with E-state index in [9.17, 15) is 22.0 Å². The summed E-state index contributed by atoms with van der Waals surface area (Å²) in [5.41, 5.74) is -1.57. The Morgan fingerprint density at radius 2 is 1.67 bits per heavy atom. The van der Waals surface area contributed by atoms with Crippen molar-refractivity contribution < 1.29 is 26.7 Å². The average Bonchev–Trinajstić information content (AvgIpc) is 2.62. The summed E-state index contributed by atoms with van der Waals surface area (Å²) < 4.78 is 72.1. The summed E-state index contributed by atoms with van der Waals surface area (Å²) in [5.74, 6) is -2.44. The highest BCUT2D eigenvalue weighted by Crippen LogP contribution is 2.34. The zero-order valence-corrected chi connectivity index (χ0v) is 14.4. The van der Waals surface area contributed by atoms with Crippen LogP contribution >= 0.6 is 11.6 Å². The van der Waals surface area contributed by atoms with E-state index in [-0.39, 0.29) is 27.7 Å². The van der Waals surface area contributed by atoms with Crippen LogP contribution in [0.15, 0.2) is 42.6 Å². The lowest BCUT2D eigenvalue weighted by molar-refractivity contribution is -0.137. The topological polar surface area (TPSA) is 35.0 Å². The lowest BCUT2D eigenvalue weighted by atomic mass is 10.1. The molecule has 0 fully saturated rings. The minimum absolute atomic E-state index is 0.0428. The van der Waals surface area contributed by atoms with Crippen molar-refractivity contribution in [2.45, 2.75) is 13.1 Å². The summed E-state index contributed by atoms with van der Waals surface area (Å²) in [6.07, 6.45) is -3.21. The van der Waals surface area contributed by atoms with E-state index in [1.807, 2.05) is 0 Å². The first-order chi connectivity index (χ1) is 12.7. The Morgan fingerprint density at radius 3 is 2.26 bits per heavy atom. The molecule has 2 aromatic heterocycles. The van der Waals surface area contributed by atoms with Gasteiger partial charge in [0.05, 0.1) is 5.56 Å². The Bertz CT molecular complexity index is 990. The van der Waals surface area contributed by atoms with Crippen molar-refractivity contribution in [1.29, 1.82) is 0 Å². The molecular weight excluding hydrogens is 391 g/mol. The van der Waals surface area contributed by atoms with Gasteiger partial charge in [-0.1, -0.05) is 23.7 Å². The maximum absolute atomic E-state index is 14.5. The normalized spacial score (nSPS) is 11.5. The predicted octanol–water partition coefficient (Wildman–Crippen LogP) is 6.19. The van der Waals surface area contributed by atoms with Crippen molar-refractivity contribution >= 4 is 11.6 Å². The van der Waals surface area contributed by atoms with Crippen LogP contribution in [-0.2, 0) is 6.18 Å². The van der Waals surface area contributed by atoms with Crippen LogP contribution in [0, 0.1) is 18.6 Å². The van der Waals surface area contributed by atoms with Crippen molar-refractivity contribution in [2.75, 3.05) is 0 Å². The van der Waals surface area contributed by atoms with Gasteiger partial charge in [0.1, 0.15) is 16.6 Å². The fourth-order valence-electron chi connectivity index (χ4n) is 2.27. The molecule has 0 radical (unpaired) electrons. The second-order valence-corrected chi connectivity index (χ2v) is 5.90. The van der Waals surface area contributed by atoms with Crippen molar-refractivity contribution in [1.82, 2.24) is 9.97 Å². The number of aromatic nitrogens is 2. The van der Waals surface area contributed by atoms with E-state index in [1.165, 1.54) is 25.3 Å². The summed E-state index contributed by atoms with van der Waals surface area (Å²) in [6, 6.07) is 6.39. The summed E-state index contributed by atoms with van der Waals surface area (Å²) in [5, 5.41) is 0.0923. The van der Waals surface area contributed by atoms with Crippen LogP contribution in [0.4, 0.5) is 22.0 Å². The van der Waals surface area contributed by atoms with Crippen molar-refractivity contribution in [3.05, 3.63) is 70.5 Å². The quantitative estimate of drug-likeness (QED) is 0.388. The number of benzene rings is 1. The van der Waals surface area contributed by atoms with Gasteiger partial charge in [-0.25, -0.2) is 18.7 Å². The molecule has 0 saturated heterocycles. The first-order valence-corrected chi connectivity index (χ1v) is 7.87. The first kappa shape index (κ1) is 19.0. The van der Waals surface area contributed by atoms with Gasteiger partial charge in [-0.05, 0) is 25.1 Å². The Morgan fingerprint density at radius 1 is 1.00 bits per heavy atom. The molecule has 0 saturated carbocycles. The number of nitrogens with zero attached hydrogens (tertiary/aromatic N) is 2. The van der Waals surface area contributed by atoms with Crippen LogP contribution in [0.1, 0.15) is 11.1 Å². The van der Waals surface area contributed by atoms with Crippen LogP contribution in [0.5, 0.6) is 11.6 Å². The molecule has 140 valence electrons. The van der Waals surface area contributed by atoms with Gasteiger partial charge in [0.15, 0.2) is 11.6 Å². The van der Waals surface area contributed by atoms with Gasteiger partial charge in [-0.15, -0.1) is 0 Å². The molecule has 9 heteroatoms. The third-order valence-electron chi connectivity index (χ3n) is 3.67. The highest BCUT2D eigenvalue weighted by Gasteiger charge is 2.30. The van der Waals surface area contributed by atoms with E-state index in [2.05, 4.69) is 9.97 Å². The molecule has 2 heterocycles. The van der Waals surface area contributed by atoms with Gasteiger partial charge in [0.2, 0.25) is 0 Å². The molecule has 0 bridgehead atoms. The summed E-state index contributed by atoms with van der Waals surface area (Å²) >= 11 is 5.73. The summed E-state index contributed by atoms with van der Waals surface area (Å²) in [6.45, 7) is 1.17. The molecule has 1 aromatic carbocycles. The summed E-state index contributed by atoms with van der Waals surface area (Å²) in [4.78, 5) is 7.55. The molecule has 0 aliphatic carbocycles. The van der Waals surface area contributed by atoms with E-state index in [0.717, 1.165) is 24.3 Å². The van der Waals surface area contributed by atoms with E-state index < -0.39 is 29.3 Å². The minimum Gasteiger partial charge on any atom is -0.436 e. The fourth-order valence-corrected chi connectivity index (χ4v) is 2.43. The maximum atomic E-state index is 14.5. The number of halogens is 6. The molecule has 0 aliphatic heterocycles. The Labute approximate surface area is 155 Å². The number of hydrogen-bond donors (Lipinski definition) is 0. The highest BCUT2D eigenvalue weighted by atomic mass is 35.5. The second-order valence-electron chi connectivity index (χ2n) is 5.51. The zero-order chi connectivity index (χ0) is 19.8. The average molecular weight is 401 g/mol. The highest BCUT2D eigenvalue weighted by molar-refractivity contribution is 6.29. The minimum atomic E-state index is -4.53. The number of alkyl halides is 3. The number of ether oxygens (including phenoxy) is 1. The molecule has 27 heavy (non-hydrogen) atoms. The van der Waals surface area contributed by atoms with Gasteiger partial charge in [-0.2, -0.15) is 13.2 Å². The van der Waals surface area contributed by atoms with Crippen LogP contribution in [0.2, 0.25) is 5.15 Å². The molecular formula is C18H10ClF5N2O. The molecule has 0 unspecified atom stereocenters. The van der Waals surface area contributed by atoms with Crippen molar-refractivity contribution in [3.63, 3.8) is 0 Å². The Hall–Kier alpha value is -2.74. The van der Waals surface area contributed by atoms with E-state index in [4.69, 9.17) is 16.3 Å². The van der Waals surface area contributed by atoms with Crippen molar-refractivity contribution in [2.24, 2.45) is 0 Å². The molecule has 3 rings (SSSR count). The molecule has 0 N–H and O–H groups in total. The smallest absolute Gasteiger partial charge is 0.416 e. The van der Waals surface area contributed by atoms with E-state index >= 15 is 0 Å². The first-order valence-electron chi connectivity index (χ1n) is 7.49. The van der Waals surface area contributed by atoms with Crippen LogP contribution < -0.4 is 4.74 Å². The third-order valence-corrected chi connectivity index (χ3v) is 3.87. The molecule has 0 spiro atoms. The molecule has 3 nitrogen and oxygen atoms in total. The van der Waals surface area contributed by atoms with Crippen molar-refractivity contribution in [3.8, 4) is 22.9 Å². The van der Waals surface area contributed by atoms with Gasteiger partial charge in [0, 0.05) is 23.4 Å². The molecule has 3 aromatic rings. The van der Waals surface area contributed by atoms with Gasteiger partial charge in [0.25, 0.3) is 5.88 Å². The maximum Gasteiger partial charge on any atom is 0.416 e. The Balaban J connectivity index is 2.04.